The SMILES string of the molecule is CCc1c(C(=O)O)nnn1Cc1nccs1. The molecule has 1 N–H and O–H groups in total. The van der Waals surface area contributed by atoms with Gasteiger partial charge in [-0.25, -0.2) is 14.5 Å². The van der Waals surface area contributed by atoms with Crippen LogP contribution in [0.2, 0.25) is 0 Å². The molecule has 0 radical (unpaired) electrons. The fourth-order valence-electron chi connectivity index (χ4n) is 1.44. The van der Waals surface area contributed by atoms with Crippen LogP contribution in [-0.4, -0.2) is 31.1 Å². The first-order valence-electron chi connectivity index (χ1n) is 4.76. The summed E-state index contributed by atoms with van der Waals surface area (Å²) in [5.74, 6) is -1.04. The molecule has 2 heterocycles. The van der Waals surface area contributed by atoms with Crippen LogP contribution in [-0.2, 0) is 13.0 Å². The Morgan fingerprint density at radius 1 is 1.62 bits per heavy atom. The average molecular weight is 238 g/mol. The van der Waals surface area contributed by atoms with Gasteiger partial charge in [0.05, 0.1) is 12.2 Å². The van der Waals surface area contributed by atoms with Crippen LogP contribution in [0, 0.1) is 0 Å². The van der Waals surface area contributed by atoms with Gasteiger partial charge in [-0.1, -0.05) is 12.1 Å². The van der Waals surface area contributed by atoms with Crippen LogP contribution < -0.4 is 0 Å². The molecule has 0 saturated carbocycles. The molecule has 0 saturated heterocycles. The molecule has 0 aliphatic carbocycles. The molecule has 2 aromatic heterocycles. The maximum Gasteiger partial charge on any atom is 0.358 e. The maximum atomic E-state index is 10.9. The molecular weight excluding hydrogens is 228 g/mol. The molecule has 6 nitrogen and oxygen atoms in total. The van der Waals surface area contributed by atoms with Gasteiger partial charge in [-0.3, -0.25) is 0 Å². The van der Waals surface area contributed by atoms with E-state index in [1.165, 1.54) is 11.3 Å². The molecule has 0 spiro atoms. The van der Waals surface area contributed by atoms with Crippen molar-refractivity contribution in [3.05, 3.63) is 28.0 Å². The van der Waals surface area contributed by atoms with Gasteiger partial charge in [0, 0.05) is 11.6 Å². The Hall–Kier alpha value is -1.76. The Morgan fingerprint density at radius 2 is 2.44 bits per heavy atom. The van der Waals surface area contributed by atoms with E-state index in [0.29, 0.717) is 18.7 Å². The predicted octanol–water partition coefficient (Wildman–Crippen LogP) is 1.04. The number of aromatic carboxylic acids is 1. The molecule has 2 rings (SSSR count). The molecule has 7 heteroatoms. The van der Waals surface area contributed by atoms with E-state index < -0.39 is 5.97 Å². The van der Waals surface area contributed by atoms with Crippen LogP contribution >= 0.6 is 11.3 Å². The zero-order valence-electron chi connectivity index (χ0n) is 8.62. The highest BCUT2D eigenvalue weighted by atomic mass is 32.1. The second-order valence-corrected chi connectivity index (χ2v) is 4.11. The van der Waals surface area contributed by atoms with Crippen LogP contribution in [0.15, 0.2) is 11.6 Å². The fourth-order valence-corrected chi connectivity index (χ4v) is 2.03. The van der Waals surface area contributed by atoms with Crippen LogP contribution in [0.25, 0.3) is 0 Å². The molecule has 0 aromatic carbocycles. The van der Waals surface area contributed by atoms with Gasteiger partial charge in [0.2, 0.25) is 0 Å². The van der Waals surface area contributed by atoms with E-state index in [2.05, 4.69) is 15.3 Å². The number of carboxylic acid groups (broad SMARTS) is 1. The summed E-state index contributed by atoms with van der Waals surface area (Å²) in [6.07, 6.45) is 2.29. The van der Waals surface area contributed by atoms with Gasteiger partial charge in [-0.15, -0.1) is 16.4 Å². The minimum atomic E-state index is -1.04. The Bertz CT molecular complexity index is 492. The quantitative estimate of drug-likeness (QED) is 0.860. The molecule has 0 amide bonds. The molecule has 0 aliphatic rings. The van der Waals surface area contributed by atoms with E-state index in [9.17, 15) is 4.79 Å². The van der Waals surface area contributed by atoms with Gasteiger partial charge >= 0.3 is 5.97 Å². The van der Waals surface area contributed by atoms with Crippen molar-refractivity contribution in [2.24, 2.45) is 0 Å². The monoisotopic (exact) mass is 238 g/mol. The average Bonchev–Trinajstić information content (AvgIpc) is 2.87. The summed E-state index contributed by atoms with van der Waals surface area (Å²) < 4.78 is 1.59. The van der Waals surface area contributed by atoms with Crippen molar-refractivity contribution < 1.29 is 9.90 Å². The van der Waals surface area contributed by atoms with Crippen LogP contribution in [0.1, 0.15) is 28.1 Å². The standard InChI is InChI=1S/C9H10N4O2S/c1-2-6-8(9(14)15)11-12-13(6)5-7-10-3-4-16-7/h3-4H,2,5H2,1H3,(H,14,15). The number of carbonyl (C=O) groups is 1. The van der Waals surface area contributed by atoms with Crippen LogP contribution in [0.4, 0.5) is 0 Å². The summed E-state index contributed by atoms with van der Waals surface area (Å²) in [7, 11) is 0. The van der Waals surface area contributed by atoms with E-state index in [1.807, 2.05) is 12.3 Å². The zero-order chi connectivity index (χ0) is 11.5. The lowest BCUT2D eigenvalue weighted by Crippen LogP contribution is -2.08. The number of thiazole rings is 1. The minimum absolute atomic E-state index is 0.0269. The van der Waals surface area contributed by atoms with Gasteiger partial charge in [0.15, 0.2) is 5.69 Å². The minimum Gasteiger partial charge on any atom is -0.476 e. The number of hydrogen-bond donors (Lipinski definition) is 1. The maximum absolute atomic E-state index is 10.9. The van der Waals surface area contributed by atoms with E-state index in [-0.39, 0.29) is 5.69 Å². The topological polar surface area (TPSA) is 80.9 Å². The Balaban J connectivity index is 2.31. The second kappa shape index (κ2) is 4.40. The molecule has 0 aliphatic heterocycles. The summed E-state index contributed by atoms with van der Waals surface area (Å²) >= 11 is 1.51. The number of nitrogens with zero attached hydrogens (tertiary/aromatic N) is 4. The lowest BCUT2D eigenvalue weighted by Gasteiger charge is -2.01. The Labute approximate surface area is 95.6 Å². The first kappa shape index (κ1) is 10.7. The van der Waals surface area contributed by atoms with Gasteiger partial charge in [-0.05, 0) is 6.42 Å². The van der Waals surface area contributed by atoms with Crippen molar-refractivity contribution in [2.45, 2.75) is 19.9 Å². The summed E-state index contributed by atoms with van der Waals surface area (Å²) in [6.45, 7) is 2.35. The lowest BCUT2D eigenvalue weighted by molar-refractivity contribution is 0.0689. The summed E-state index contributed by atoms with van der Waals surface area (Å²) in [6, 6.07) is 0. The van der Waals surface area contributed by atoms with Gasteiger partial charge < -0.3 is 5.11 Å². The number of rotatable bonds is 4. The lowest BCUT2D eigenvalue weighted by atomic mass is 10.2. The molecule has 16 heavy (non-hydrogen) atoms. The van der Waals surface area contributed by atoms with E-state index in [4.69, 9.17) is 5.11 Å². The smallest absolute Gasteiger partial charge is 0.358 e. The fraction of sp³-hybridized carbons (Fsp3) is 0.333. The normalized spacial score (nSPS) is 10.6. The van der Waals surface area contributed by atoms with E-state index >= 15 is 0 Å². The van der Waals surface area contributed by atoms with Gasteiger partial charge in [0.1, 0.15) is 5.01 Å². The molecular formula is C9H10N4O2S. The van der Waals surface area contributed by atoms with Crippen molar-refractivity contribution in [1.82, 2.24) is 20.0 Å². The highest BCUT2D eigenvalue weighted by Crippen LogP contribution is 2.11. The number of hydrogen-bond acceptors (Lipinski definition) is 5. The third kappa shape index (κ3) is 1.94. The van der Waals surface area contributed by atoms with Crippen LogP contribution in [0.5, 0.6) is 0 Å². The van der Waals surface area contributed by atoms with E-state index in [0.717, 1.165) is 5.01 Å². The summed E-state index contributed by atoms with van der Waals surface area (Å²) in [5, 5.41) is 19.2. The third-order valence-electron chi connectivity index (χ3n) is 2.14. The molecule has 0 bridgehead atoms. The Morgan fingerprint density at radius 3 is 3.00 bits per heavy atom. The summed E-state index contributed by atoms with van der Waals surface area (Å²) in [4.78, 5) is 15.0. The second-order valence-electron chi connectivity index (χ2n) is 3.13. The number of carboxylic acids is 1. The predicted molar refractivity (Wildman–Crippen MR) is 57.6 cm³/mol. The zero-order valence-corrected chi connectivity index (χ0v) is 9.44. The van der Waals surface area contributed by atoms with Gasteiger partial charge in [-0.2, -0.15) is 0 Å². The first-order valence-corrected chi connectivity index (χ1v) is 5.64. The van der Waals surface area contributed by atoms with Crippen molar-refractivity contribution in [3.8, 4) is 0 Å². The molecule has 2 aromatic rings. The Kier molecular flexibility index (Phi) is 2.95. The summed E-state index contributed by atoms with van der Waals surface area (Å²) in [5.41, 5.74) is 0.654. The van der Waals surface area contributed by atoms with Crippen molar-refractivity contribution in [1.29, 1.82) is 0 Å². The number of aromatic nitrogens is 4. The van der Waals surface area contributed by atoms with E-state index in [1.54, 1.807) is 10.9 Å². The highest BCUT2D eigenvalue weighted by molar-refractivity contribution is 7.09. The molecule has 0 fully saturated rings. The molecule has 84 valence electrons. The first-order chi connectivity index (χ1) is 7.72. The van der Waals surface area contributed by atoms with Crippen LogP contribution in [0.3, 0.4) is 0 Å². The largest absolute Gasteiger partial charge is 0.476 e. The van der Waals surface area contributed by atoms with Crippen molar-refractivity contribution >= 4 is 17.3 Å². The van der Waals surface area contributed by atoms with Crippen molar-refractivity contribution in [3.63, 3.8) is 0 Å². The molecule has 0 unspecified atom stereocenters. The third-order valence-corrected chi connectivity index (χ3v) is 2.91. The highest BCUT2D eigenvalue weighted by Gasteiger charge is 2.17. The van der Waals surface area contributed by atoms with Gasteiger partial charge in [0.25, 0.3) is 0 Å². The van der Waals surface area contributed by atoms with Crippen molar-refractivity contribution in [2.75, 3.05) is 0 Å². The molecule has 0 atom stereocenters.